The van der Waals surface area contributed by atoms with Crippen molar-refractivity contribution >= 4 is 0 Å². The maximum atomic E-state index is 9.92. The zero-order valence-electron chi connectivity index (χ0n) is 9.95. The molecule has 0 aliphatic heterocycles. The summed E-state index contributed by atoms with van der Waals surface area (Å²) in [7, 11) is 0. The van der Waals surface area contributed by atoms with Gasteiger partial charge >= 0.3 is 0 Å². The van der Waals surface area contributed by atoms with Crippen molar-refractivity contribution < 1.29 is 5.11 Å². The van der Waals surface area contributed by atoms with E-state index in [2.05, 4.69) is 29.6 Å². The van der Waals surface area contributed by atoms with E-state index in [0.29, 0.717) is 0 Å². The van der Waals surface area contributed by atoms with E-state index in [1.807, 2.05) is 13.0 Å². The van der Waals surface area contributed by atoms with Crippen LogP contribution in [0.25, 0.3) is 0 Å². The zero-order valence-corrected chi connectivity index (χ0v) is 9.95. The molecule has 0 amide bonds. The summed E-state index contributed by atoms with van der Waals surface area (Å²) >= 11 is 0. The summed E-state index contributed by atoms with van der Waals surface area (Å²) < 4.78 is 0. The van der Waals surface area contributed by atoms with Crippen LogP contribution in [-0.2, 0) is 6.54 Å². The van der Waals surface area contributed by atoms with E-state index in [-0.39, 0.29) is 11.6 Å². The first-order chi connectivity index (χ1) is 7.73. The molecule has 2 rings (SSSR count). The number of benzene rings is 1. The average molecular weight is 219 g/mol. The van der Waals surface area contributed by atoms with Crippen LogP contribution in [0.2, 0.25) is 0 Å². The van der Waals surface area contributed by atoms with E-state index < -0.39 is 0 Å². The molecule has 1 aliphatic carbocycles. The molecule has 0 saturated heterocycles. The smallest absolute Gasteiger partial charge is 0.0693 e. The third-order valence-corrected chi connectivity index (χ3v) is 3.78. The number of rotatable bonds is 4. The van der Waals surface area contributed by atoms with Crippen molar-refractivity contribution in [2.75, 3.05) is 0 Å². The highest BCUT2D eigenvalue weighted by Gasteiger charge is 2.37. The number of hydrogen-bond donors (Lipinski definition) is 2. The molecule has 88 valence electrons. The molecule has 1 unspecified atom stereocenters. The highest BCUT2D eigenvalue weighted by molar-refractivity contribution is 5.15. The van der Waals surface area contributed by atoms with E-state index in [1.165, 1.54) is 18.4 Å². The SMILES string of the molecule is CC(O)C1(NCc2ccccc2)CCCC1. The Hall–Kier alpha value is -0.860. The summed E-state index contributed by atoms with van der Waals surface area (Å²) in [5, 5.41) is 13.5. The fraction of sp³-hybridized carbons (Fsp3) is 0.571. The van der Waals surface area contributed by atoms with Crippen LogP contribution in [0.4, 0.5) is 0 Å². The Morgan fingerprint density at radius 3 is 2.44 bits per heavy atom. The van der Waals surface area contributed by atoms with Gasteiger partial charge in [-0.15, -0.1) is 0 Å². The summed E-state index contributed by atoms with van der Waals surface area (Å²) in [6.45, 7) is 2.76. The molecule has 1 aliphatic rings. The average Bonchev–Trinajstić information content (AvgIpc) is 2.78. The Labute approximate surface area is 97.7 Å². The van der Waals surface area contributed by atoms with Gasteiger partial charge < -0.3 is 10.4 Å². The van der Waals surface area contributed by atoms with Crippen LogP contribution in [0.15, 0.2) is 30.3 Å². The van der Waals surface area contributed by atoms with Crippen molar-refractivity contribution in [3.63, 3.8) is 0 Å². The highest BCUT2D eigenvalue weighted by Crippen LogP contribution is 2.32. The van der Waals surface area contributed by atoms with Crippen molar-refractivity contribution in [3.05, 3.63) is 35.9 Å². The fourth-order valence-corrected chi connectivity index (χ4v) is 2.62. The summed E-state index contributed by atoms with van der Waals surface area (Å²) in [6.07, 6.45) is 4.38. The molecular weight excluding hydrogens is 198 g/mol. The maximum absolute atomic E-state index is 9.92. The van der Waals surface area contributed by atoms with Gasteiger partial charge in [0, 0.05) is 12.1 Å². The third-order valence-electron chi connectivity index (χ3n) is 3.78. The first kappa shape index (κ1) is 11.6. The minimum Gasteiger partial charge on any atom is -0.391 e. The largest absolute Gasteiger partial charge is 0.391 e. The maximum Gasteiger partial charge on any atom is 0.0693 e. The number of aliphatic hydroxyl groups is 1. The van der Waals surface area contributed by atoms with Crippen molar-refractivity contribution in [1.29, 1.82) is 0 Å². The van der Waals surface area contributed by atoms with Gasteiger partial charge in [-0.05, 0) is 25.3 Å². The molecule has 2 heteroatoms. The number of aliphatic hydroxyl groups excluding tert-OH is 1. The van der Waals surface area contributed by atoms with E-state index in [4.69, 9.17) is 0 Å². The predicted octanol–water partition coefficient (Wildman–Crippen LogP) is 2.47. The summed E-state index contributed by atoms with van der Waals surface area (Å²) in [6, 6.07) is 10.4. The van der Waals surface area contributed by atoms with Crippen molar-refractivity contribution in [1.82, 2.24) is 5.32 Å². The van der Waals surface area contributed by atoms with Crippen LogP contribution in [0.5, 0.6) is 0 Å². The quantitative estimate of drug-likeness (QED) is 0.815. The lowest BCUT2D eigenvalue weighted by Crippen LogP contribution is -2.50. The van der Waals surface area contributed by atoms with Crippen molar-refractivity contribution in [2.45, 2.75) is 50.8 Å². The molecule has 1 aromatic carbocycles. The van der Waals surface area contributed by atoms with Crippen molar-refractivity contribution in [2.24, 2.45) is 0 Å². The van der Waals surface area contributed by atoms with Crippen molar-refractivity contribution in [3.8, 4) is 0 Å². The standard InChI is InChI=1S/C14H21NO/c1-12(16)14(9-5-6-10-14)15-11-13-7-3-2-4-8-13/h2-4,7-8,12,15-16H,5-6,9-11H2,1H3. The molecular formula is C14H21NO. The molecule has 1 aromatic rings. The van der Waals surface area contributed by atoms with Gasteiger partial charge in [0.05, 0.1) is 6.10 Å². The molecule has 1 fully saturated rings. The van der Waals surface area contributed by atoms with E-state index in [1.54, 1.807) is 0 Å². The Morgan fingerprint density at radius 2 is 1.88 bits per heavy atom. The molecule has 0 spiro atoms. The molecule has 0 heterocycles. The Kier molecular flexibility index (Phi) is 3.62. The molecule has 2 nitrogen and oxygen atoms in total. The lowest BCUT2D eigenvalue weighted by Gasteiger charge is -2.33. The first-order valence-electron chi connectivity index (χ1n) is 6.20. The van der Waals surface area contributed by atoms with Crippen LogP contribution in [0.3, 0.4) is 0 Å². The third kappa shape index (κ3) is 2.45. The van der Waals surface area contributed by atoms with Gasteiger partial charge in [-0.25, -0.2) is 0 Å². The van der Waals surface area contributed by atoms with Crippen LogP contribution in [0, 0.1) is 0 Å². The Bertz CT molecular complexity index is 315. The van der Waals surface area contributed by atoms with Crippen LogP contribution < -0.4 is 5.32 Å². The monoisotopic (exact) mass is 219 g/mol. The molecule has 0 bridgehead atoms. The van der Waals surface area contributed by atoms with E-state index >= 15 is 0 Å². The minimum atomic E-state index is -0.265. The zero-order chi connectivity index (χ0) is 11.4. The molecule has 2 N–H and O–H groups in total. The Morgan fingerprint density at radius 1 is 1.25 bits per heavy atom. The molecule has 0 aromatic heterocycles. The van der Waals surface area contributed by atoms with Gasteiger partial charge in [-0.1, -0.05) is 43.2 Å². The molecule has 1 saturated carbocycles. The minimum absolute atomic E-state index is 0.0458. The van der Waals surface area contributed by atoms with E-state index in [9.17, 15) is 5.11 Å². The highest BCUT2D eigenvalue weighted by atomic mass is 16.3. The summed E-state index contributed by atoms with van der Waals surface area (Å²) in [4.78, 5) is 0. The van der Waals surface area contributed by atoms with Gasteiger partial charge in [0.15, 0.2) is 0 Å². The van der Waals surface area contributed by atoms with Crippen LogP contribution in [-0.4, -0.2) is 16.7 Å². The van der Waals surface area contributed by atoms with Gasteiger partial charge in [-0.3, -0.25) is 0 Å². The first-order valence-corrected chi connectivity index (χ1v) is 6.20. The molecule has 0 radical (unpaired) electrons. The van der Waals surface area contributed by atoms with Gasteiger partial charge in [0.2, 0.25) is 0 Å². The van der Waals surface area contributed by atoms with Gasteiger partial charge in [0.1, 0.15) is 0 Å². The van der Waals surface area contributed by atoms with Gasteiger partial charge in [-0.2, -0.15) is 0 Å². The lowest BCUT2D eigenvalue weighted by atomic mass is 9.91. The predicted molar refractivity (Wildman–Crippen MR) is 66.2 cm³/mol. The second kappa shape index (κ2) is 4.98. The summed E-state index contributed by atoms with van der Waals surface area (Å²) in [5.74, 6) is 0. The topological polar surface area (TPSA) is 32.3 Å². The second-order valence-electron chi connectivity index (χ2n) is 4.88. The number of hydrogen-bond acceptors (Lipinski definition) is 2. The number of nitrogens with one attached hydrogen (secondary N) is 1. The normalized spacial score (nSPS) is 20.9. The van der Waals surface area contributed by atoms with Crippen LogP contribution in [0.1, 0.15) is 38.2 Å². The van der Waals surface area contributed by atoms with Crippen LogP contribution >= 0.6 is 0 Å². The lowest BCUT2D eigenvalue weighted by molar-refractivity contribution is 0.0761. The Balaban J connectivity index is 1.97. The van der Waals surface area contributed by atoms with Gasteiger partial charge in [0.25, 0.3) is 0 Å². The molecule has 16 heavy (non-hydrogen) atoms. The second-order valence-corrected chi connectivity index (χ2v) is 4.88. The van der Waals surface area contributed by atoms with E-state index in [0.717, 1.165) is 19.4 Å². The summed E-state index contributed by atoms with van der Waals surface area (Å²) in [5.41, 5.74) is 1.24. The fourth-order valence-electron chi connectivity index (χ4n) is 2.62. The molecule has 1 atom stereocenters.